The Morgan fingerprint density at radius 3 is 2.76 bits per heavy atom. The SMILES string of the molecule is CC(CO)N(C)C(=O)c1ccn(-c2ccc(Cl)cc2Cl)n1. The molecule has 0 saturated heterocycles. The number of aliphatic hydroxyl groups is 1. The minimum absolute atomic E-state index is 0.105. The first-order valence-corrected chi connectivity index (χ1v) is 7.08. The average Bonchev–Trinajstić information content (AvgIpc) is 2.94. The third-order valence-corrected chi connectivity index (χ3v) is 3.75. The van der Waals surface area contributed by atoms with Gasteiger partial charge in [0.25, 0.3) is 5.91 Å². The monoisotopic (exact) mass is 327 g/mol. The maximum Gasteiger partial charge on any atom is 0.274 e. The number of aliphatic hydroxyl groups excluding tert-OH is 1. The molecule has 1 heterocycles. The molecule has 7 heteroatoms. The van der Waals surface area contributed by atoms with Gasteiger partial charge in [0, 0.05) is 18.3 Å². The molecule has 1 aromatic heterocycles. The maximum absolute atomic E-state index is 12.2. The summed E-state index contributed by atoms with van der Waals surface area (Å²) in [5.74, 6) is -0.264. The number of hydrogen-bond donors (Lipinski definition) is 1. The Hall–Kier alpha value is -1.56. The standard InChI is InChI=1S/C14H15Cl2N3O2/c1-9(8-20)18(2)14(21)12-5-6-19(17-12)13-4-3-10(15)7-11(13)16/h3-7,9,20H,8H2,1-2H3. The van der Waals surface area contributed by atoms with Gasteiger partial charge in [0.2, 0.25) is 0 Å². The molecule has 0 spiro atoms. The van der Waals surface area contributed by atoms with Crippen LogP contribution in [0.1, 0.15) is 17.4 Å². The zero-order valence-electron chi connectivity index (χ0n) is 11.6. The quantitative estimate of drug-likeness (QED) is 0.939. The number of carbonyl (C=O) groups excluding carboxylic acids is 1. The van der Waals surface area contributed by atoms with Crippen molar-refractivity contribution in [2.75, 3.05) is 13.7 Å². The highest BCUT2D eigenvalue weighted by atomic mass is 35.5. The van der Waals surface area contributed by atoms with E-state index >= 15 is 0 Å². The van der Waals surface area contributed by atoms with Gasteiger partial charge in [-0.25, -0.2) is 4.68 Å². The van der Waals surface area contributed by atoms with Crippen LogP contribution in [0.4, 0.5) is 0 Å². The second kappa shape index (κ2) is 6.47. The lowest BCUT2D eigenvalue weighted by molar-refractivity contribution is 0.0676. The summed E-state index contributed by atoms with van der Waals surface area (Å²) >= 11 is 12.0. The summed E-state index contributed by atoms with van der Waals surface area (Å²) in [6.07, 6.45) is 1.65. The lowest BCUT2D eigenvalue weighted by Crippen LogP contribution is -2.37. The number of nitrogens with zero attached hydrogens (tertiary/aromatic N) is 3. The molecule has 1 unspecified atom stereocenters. The molecular weight excluding hydrogens is 313 g/mol. The number of aromatic nitrogens is 2. The van der Waals surface area contributed by atoms with E-state index in [0.29, 0.717) is 15.7 Å². The Morgan fingerprint density at radius 1 is 1.43 bits per heavy atom. The third kappa shape index (κ3) is 3.37. The van der Waals surface area contributed by atoms with Gasteiger partial charge in [-0.1, -0.05) is 23.2 Å². The van der Waals surface area contributed by atoms with Crippen molar-refractivity contribution < 1.29 is 9.90 Å². The molecular formula is C14H15Cl2N3O2. The number of rotatable bonds is 4. The topological polar surface area (TPSA) is 58.4 Å². The number of benzene rings is 1. The molecule has 0 saturated carbocycles. The first-order valence-electron chi connectivity index (χ1n) is 6.33. The molecule has 0 aliphatic rings. The summed E-state index contributed by atoms with van der Waals surface area (Å²) in [6, 6.07) is 6.37. The van der Waals surface area contributed by atoms with Gasteiger partial charge < -0.3 is 10.0 Å². The highest BCUT2D eigenvalue weighted by Gasteiger charge is 2.19. The van der Waals surface area contributed by atoms with Crippen LogP contribution in [0.25, 0.3) is 5.69 Å². The molecule has 0 fully saturated rings. The first kappa shape index (κ1) is 15.8. The van der Waals surface area contributed by atoms with Crippen LogP contribution in [0.3, 0.4) is 0 Å². The van der Waals surface area contributed by atoms with Crippen molar-refractivity contribution in [2.24, 2.45) is 0 Å². The van der Waals surface area contributed by atoms with E-state index in [0.717, 1.165) is 0 Å². The van der Waals surface area contributed by atoms with Gasteiger partial charge in [0.05, 0.1) is 23.4 Å². The highest BCUT2D eigenvalue weighted by Crippen LogP contribution is 2.24. The summed E-state index contributed by atoms with van der Waals surface area (Å²) in [5.41, 5.74) is 0.918. The number of halogens is 2. The first-order chi connectivity index (χ1) is 9.93. The maximum atomic E-state index is 12.2. The van der Waals surface area contributed by atoms with Crippen LogP contribution >= 0.6 is 23.2 Å². The van der Waals surface area contributed by atoms with Crippen LogP contribution in [0.15, 0.2) is 30.5 Å². The van der Waals surface area contributed by atoms with E-state index in [-0.39, 0.29) is 24.2 Å². The molecule has 112 valence electrons. The van der Waals surface area contributed by atoms with E-state index in [4.69, 9.17) is 28.3 Å². The Morgan fingerprint density at radius 2 is 2.14 bits per heavy atom. The molecule has 1 aromatic carbocycles. The van der Waals surface area contributed by atoms with Gasteiger partial charge >= 0.3 is 0 Å². The molecule has 2 aromatic rings. The predicted molar refractivity (Wildman–Crippen MR) is 82.2 cm³/mol. The van der Waals surface area contributed by atoms with Crippen molar-refractivity contribution in [3.8, 4) is 5.69 Å². The van der Waals surface area contributed by atoms with Gasteiger partial charge in [0.15, 0.2) is 5.69 Å². The van der Waals surface area contributed by atoms with Crippen LogP contribution in [0.2, 0.25) is 10.0 Å². The van der Waals surface area contributed by atoms with Crippen molar-refractivity contribution in [1.29, 1.82) is 0 Å². The Bertz CT molecular complexity index is 657. The molecule has 0 aliphatic carbocycles. The molecule has 0 aliphatic heterocycles. The normalized spacial score (nSPS) is 12.2. The lowest BCUT2D eigenvalue weighted by atomic mass is 10.3. The highest BCUT2D eigenvalue weighted by molar-refractivity contribution is 6.35. The summed E-state index contributed by atoms with van der Waals surface area (Å²) in [4.78, 5) is 13.7. The van der Waals surface area contributed by atoms with Crippen molar-refractivity contribution >= 4 is 29.1 Å². The van der Waals surface area contributed by atoms with Gasteiger partial charge in [-0.15, -0.1) is 0 Å². The van der Waals surface area contributed by atoms with Crippen molar-refractivity contribution in [3.05, 3.63) is 46.2 Å². The Labute approximate surface area is 132 Å². The molecule has 0 bridgehead atoms. The summed E-state index contributed by atoms with van der Waals surface area (Å²) in [5, 5.41) is 14.3. The van der Waals surface area contributed by atoms with Gasteiger partial charge in [-0.05, 0) is 31.2 Å². The summed E-state index contributed by atoms with van der Waals surface area (Å²) < 4.78 is 1.52. The van der Waals surface area contributed by atoms with E-state index in [1.54, 1.807) is 44.4 Å². The van der Waals surface area contributed by atoms with Gasteiger partial charge in [0.1, 0.15) is 0 Å². The summed E-state index contributed by atoms with van der Waals surface area (Å²) in [7, 11) is 1.62. The van der Waals surface area contributed by atoms with E-state index in [9.17, 15) is 4.79 Å². The Balaban J connectivity index is 2.27. The second-order valence-electron chi connectivity index (χ2n) is 4.69. The van der Waals surface area contributed by atoms with Crippen LogP contribution in [0.5, 0.6) is 0 Å². The zero-order chi connectivity index (χ0) is 15.6. The summed E-state index contributed by atoms with van der Waals surface area (Å²) in [6.45, 7) is 1.65. The van der Waals surface area contributed by atoms with Crippen molar-refractivity contribution in [1.82, 2.24) is 14.7 Å². The second-order valence-corrected chi connectivity index (χ2v) is 5.53. The van der Waals surface area contributed by atoms with E-state index in [2.05, 4.69) is 5.10 Å². The van der Waals surface area contributed by atoms with Gasteiger partial charge in [-0.2, -0.15) is 5.10 Å². The molecule has 1 amide bonds. The van der Waals surface area contributed by atoms with Gasteiger partial charge in [-0.3, -0.25) is 4.79 Å². The molecule has 2 rings (SSSR count). The van der Waals surface area contributed by atoms with Crippen LogP contribution < -0.4 is 0 Å². The molecule has 21 heavy (non-hydrogen) atoms. The fraction of sp³-hybridized carbons (Fsp3) is 0.286. The van der Waals surface area contributed by atoms with Crippen molar-refractivity contribution in [2.45, 2.75) is 13.0 Å². The molecule has 5 nitrogen and oxygen atoms in total. The Kier molecular flexibility index (Phi) is 4.88. The average molecular weight is 328 g/mol. The predicted octanol–water partition coefficient (Wildman–Crippen LogP) is 2.63. The lowest BCUT2D eigenvalue weighted by Gasteiger charge is -2.21. The van der Waals surface area contributed by atoms with E-state index in [1.807, 2.05) is 0 Å². The largest absolute Gasteiger partial charge is 0.394 e. The van der Waals surface area contributed by atoms with Crippen LogP contribution in [0, 0.1) is 0 Å². The van der Waals surface area contributed by atoms with Crippen molar-refractivity contribution in [3.63, 3.8) is 0 Å². The third-order valence-electron chi connectivity index (χ3n) is 3.21. The fourth-order valence-corrected chi connectivity index (χ4v) is 2.24. The molecule has 0 radical (unpaired) electrons. The minimum atomic E-state index is -0.276. The molecule has 1 atom stereocenters. The minimum Gasteiger partial charge on any atom is -0.394 e. The van der Waals surface area contributed by atoms with E-state index < -0.39 is 0 Å². The zero-order valence-corrected chi connectivity index (χ0v) is 13.1. The van der Waals surface area contributed by atoms with Crippen LogP contribution in [-0.2, 0) is 0 Å². The smallest absolute Gasteiger partial charge is 0.274 e. The number of hydrogen-bond acceptors (Lipinski definition) is 3. The number of carbonyl (C=O) groups is 1. The van der Waals surface area contributed by atoms with Crippen LogP contribution in [-0.4, -0.2) is 45.4 Å². The fourth-order valence-electron chi connectivity index (χ4n) is 1.74. The molecule has 1 N–H and O–H groups in total. The number of likely N-dealkylation sites (N-methyl/N-ethyl adjacent to an activating group) is 1. The number of amides is 1. The van der Waals surface area contributed by atoms with E-state index in [1.165, 1.54) is 9.58 Å².